The predicted molar refractivity (Wildman–Crippen MR) is 110 cm³/mol. The minimum absolute atomic E-state index is 0.727. The Labute approximate surface area is 161 Å². The molecule has 5 heteroatoms. The van der Waals surface area contributed by atoms with Gasteiger partial charge in [-0.2, -0.15) is 5.10 Å². The van der Waals surface area contributed by atoms with Gasteiger partial charge in [-0.15, -0.1) is 0 Å². The standard InChI is InChI=1S/C22H29N5/c1-18-8-6-7-11-26(18)13-12-25(2)16-19-14-23-22-21(15-24-27(22)17-19)20-9-4-3-5-10-20/h3-5,9-10,14-15,17-18H,6-8,11-13,16H2,1-2H3. The van der Waals surface area contributed by atoms with Gasteiger partial charge in [-0.3, -0.25) is 4.90 Å². The lowest BCUT2D eigenvalue weighted by Crippen LogP contribution is -2.41. The molecule has 4 rings (SSSR count). The molecule has 27 heavy (non-hydrogen) atoms. The normalized spacial score (nSPS) is 18.4. The number of aromatic nitrogens is 3. The van der Waals surface area contributed by atoms with E-state index in [1.165, 1.54) is 31.4 Å². The van der Waals surface area contributed by atoms with Gasteiger partial charge in [-0.05, 0) is 38.9 Å². The van der Waals surface area contributed by atoms with Crippen molar-refractivity contribution in [3.8, 4) is 11.1 Å². The molecule has 1 saturated heterocycles. The summed E-state index contributed by atoms with van der Waals surface area (Å²) in [6, 6.07) is 11.0. The molecular formula is C22H29N5. The molecule has 0 saturated carbocycles. The molecule has 1 aliphatic heterocycles. The van der Waals surface area contributed by atoms with Crippen LogP contribution >= 0.6 is 0 Å². The van der Waals surface area contributed by atoms with Crippen LogP contribution in [0.1, 0.15) is 31.7 Å². The van der Waals surface area contributed by atoms with Crippen LogP contribution < -0.4 is 0 Å². The molecule has 1 aliphatic rings. The van der Waals surface area contributed by atoms with Crippen molar-refractivity contribution in [2.45, 2.75) is 38.8 Å². The summed E-state index contributed by atoms with van der Waals surface area (Å²) in [4.78, 5) is 9.70. The molecule has 3 heterocycles. The SMILES string of the molecule is CC1CCCCN1CCN(C)Cc1cnc2c(-c3ccccc3)cnn2c1. The van der Waals surface area contributed by atoms with Gasteiger partial charge in [-0.1, -0.05) is 36.8 Å². The van der Waals surface area contributed by atoms with E-state index in [9.17, 15) is 0 Å². The largest absolute Gasteiger partial charge is 0.301 e. The van der Waals surface area contributed by atoms with E-state index in [1.54, 1.807) is 0 Å². The Kier molecular flexibility index (Phi) is 5.50. The Hall–Kier alpha value is -2.24. The number of nitrogens with zero attached hydrogens (tertiary/aromatic N) is 5. The summed E-state index contributed by atoms with van der Waals surface area (Å²) in [7, 11) is 2.19. The highest BCUT2D eigenvalue weighted by Gasteiger charge is 2.18. The summed E-state index contributed by atoms with van der Waals surface area (Å²) < 4.78 is 1.90. The smallest absolute Gasteiger partial charge is 0.162 e. The zero-order valence-corrected chi connectivity index (χ0v) is 16.4. The van der Waals surface area contributed by atoms with Crippen LogP contribution in [0.2, 0.25) is 0 Å². The van der Waals surface area contributed by atoms with Crippen LogP contribution in [0.5, 0.6) is 0 Å². The molecule has 0 spiro atoms. The second kappa shape index (κ2) is 8.19. The first-order valence-electron chi connectivity index (χ1n) is 10.0. The first-order chi connectivity index (χ1) is 13.2. The van der Waals surface area contributed by atoms with Crippen LogP contribution in [-0.4, -0.2) is 57.1 Å². The lowest BCUT2D eigenvalue weighted by atomic mass is 10.0. The summed E-state index contributed by atoms with van der Waals surface area (Å²) >= 11 is 0. The molecule has 1 aromatic carbocycles. The van der Waals surface area contributed by atoms with E-state index in [2.05, 4.69) is 47.2 Å². The maximum atomic E-state index is 4.70. The summed E-state index contributed by atoms with van der Waals surface area (Å²) in [6.45, 7) is 6.73. The third-order valence-electron chi connectivity index (χ3n) is 5.66. The third kappa shape index (κ3) is 4.20. The number of benzene rings is 1. The first kappa shape index (κ1) is 18.1. The zero-order chi connectivity index (χ0) is 18.6. The van der Waals surface area contributed by atoms with Crippen LogP contribution in [-0.2, 0) is 6.54 Å². The molecule has 0 aliphatic carbocycles. The number of rotatable bonds is 6. The highest BCUT2D eigenvalue weighted by atomic mass is 15.2. The molecule has 1 unspecified atom stereocenters. The fourth-order valence-corrected chi connectivity index (χ4v) is 4.00. The summed E-state index contributed by atoms with van der Waals surface area (Å²) in [5, 5.41) is 4.52. The molecule has 0 N–H and O–H groups in total. The van der Waals surface area contributed by atoms with Gasteiger partial charge in [-0.25, -0.2) is 9.50 Å². The van der Waals surface area contributed by atoms with Crippen molar-refractivity contribution in [1.29, 1.82) is 0 Å². The van der Waals surface area contributed by atoms with Gasteiger partial charge in [0.25, 0.3) is 0 Å². The first-order valence-corrected chi connectivity index (χ1v) is 10.0. The van der Waals surface area contributed by atoms with Gasteiger partial charge in [0, 0.05) is 49.2 Å². The number of hydrogen-bond acceptors (Lipinski definition) is 4. The van der Waals surface area contributed by atoms with Crippen LogP contribution in [0, 0.1) is 0 Å². The monoisotopic (exact) mass is 363 g/mol. The van der Waals surface area contributed by atoms with Gasteiger partial charge in [0.05, 0.1) is 6.20 Å². The Morgan fingerprint density at radius 3 is 2.81 bits per heavy atom. The van der Waals surface area contributed by atoms with Crippen molar-refractivity contribution in [3.05, 3.63) is 54.5 Å². The van der Waals surface area contributed by atoms with Gasteiger partial charge < -0.3 is 4.90 Å². The van der Waals surface area contributed by atoms with E-state index in [4.69, 9.17) is 4.98 Å². The quantitative estimate of drug-likeness (QED) is 0.669. The van der Waals surface area contributed by atoms with E-state index >= 15 is 0 Å². The predicted octanol–water partition coefficient (Wildman–Crippen LogP) is 3.70. The summed E-state index contributed by atoms with van der Waals surface area (Å²) in [5.41, 5.74) is 4.34. The fraction of sp³-hybridized carbons (Fsp3) is 0.455. The molecule has 1 fully saturated rings. The van der Waals surface area contributed by atoms with Gasteiger partial charge in [0.1, 0.15) is 0 Å². The average Bonchev–Trinajstić information content (AvgIpc) is 3.11. The summed E-state index contributed by atoms with van der Waals surface area (Å²) in [5.74, 6) is 0. The van der Waals surface area contributed by atoms with Crippen molar-refractivity contribution in [2.24, 2.45) is 0 Å². The van der Waals surface area contributed by atoms with Gasteiger partial charge >= 0.3 is 0 Å². The minimum atomic E-state index is 0.727. The highest BCUT2D eigenvalue weighted by Crippen LogP contribution is 2.23. The van der Waals surface area contributed by atoms with E-state index in [1.807, 2.05) is 35.1 Å². The number of likely N-dealkylation sites (tertiary alicyclic amines) is 1. The molecule has 5 nitrogen and oxygen atoms in total. The van der Waals surface area contributed by atoms with Crippen molar-refractivity contribution in [1.82, 2.24) is 24.4 Å². The maximum Gasteiger partial charge on any atom is 0.162 e. The van der Waals surface area contributed by atoms with Crippen LogP contribution in [0.15, 0.2) is 48.9 Å². The Morgan fingerprint density at radius 1 is 1.15 bits per heavy atom. The van der Waals surface area contributed by atoms with E-state index in [0.717, 1.165) is 42.5 Å². The van der Waals surface area contributed by atoms with E-state index in [0.29, 0.717) is 0 Å². The molecule has 142 valence electrons. The lowest BCUT2D eigenvalue weighted by molar-refractivity contribution is 0.141. The van der Waals surface area contributed by atoms with Crippen molar-refractivity contribution in [3.63, 3.8) is 0 Å². The Bertz CT molecular complexity index is 873. The van der Waals surface area contributed by atoms with Crippen LogP contribution in [0.4, 0.5) is 0 Å². The topological polar surface area (TPSA) is 36.7 Å². The Morgan fingerprint density at radius 2 is 2.00 bits per heavy atom. The van der Waals surface area contributed by atoms with Crippen molar-refractivity contribution in [2.75, 3.05) is 26.7 Å². The van der Waals surface area contributed by atoms with Crippen LogP contribution in [0.3, 0.4) is 0 Å². The Balaban J connectivity index is 1.40. The molecule has 2 aromatic heterocycles. The minimum Gasteiger partial charge on any atom is -0.301 e. The van der Waals surface area contributed by atoms with Crippen molar-refractivity contribution < 1.29 is 0 Å². The molecule has 0 amide bonds. The zero-order valence-electron chi connectivity index (χ0n) is 16.4. The molecule has 0 bridgehead atoms. The lowest BCUT2D eigenvalue weighted by Gasteiger charge is -2.34. The third-order valence-corrected chi connectivity index (χ3v) is 5.66. The van der Waals surface area contributed by atoms with Crippen LogP contribution in [0.25, 0.3) is 16.8 Å². The fourth-order valence-electron chi connectivity index (χ4n) is 4.00. The number of piperidine rings is 1. The number of fused-ring (bicyclic) bond motifs is 1. The second-order valence-corrected chi connectivity index (χ2v) is 7.77. The van der Waals surface area contributed by atoms with Crippen molar-refractivity contribution >= 4 is 5.65 Å². The van der Waals surface area contributed by atoms with Gasteiger partial charge in [0.2, 0.25) is 0 Å². The summed E-state index contributed by atoms with van der Waals surface area (Å²) in [6.07, 6.45) is 10.1. The van der Waals surface area contributed by atoms with Gasteiger partial charge in [0.15, 0.2) is 5.65 Å². The average molecular weight is 364 g/mol. The highest BCUT2D eigenvalue weighted by molar-refractivity contribution is 5.76. The molecule has 1 atom stereocenters. The molecule has 3 aromatic rings. The van der Waals surface area contributed by atoms with E-state index in [-0.39, 0.29) is 0 Å². The van der Waals surface area contributed by atoms with E-state index < -0.39 is 0 Å². The second-order valence-electron chi connectivity index (χ2n) is 7.77. The maximum absolute atomic E-state index is 4.70. The number of likely N-dealkylation sites (N-methyl/N-ethyl adjacent to an activating group) is 1. The number of hydrogen-bond donors (Lipinski definition) is 0. The molecule has 0 radical (unpaired) electrons. The molecular weight excluding hydrogens is 334 g/mol.